The Labute approximate surface area is 148 Å². The Balaban J connectivity index is 2.41. The van der Waals surface area contributed by atoms with Crippen molar-refractivity contribution in [2.75, 3.05) is 6.61 Å². The minimum atomic E-state index is -0.729. The van der Waals surface area contributed by atoms with Crippen molar-refractivity contribution in [2.24, 2.45) is 5.92 Å². The number of hydrogen-bond acceptors (Lipinski definition) is 5. The van der Waals surface area contributed by atoms with Crippen LogP contribution >= 0.6 is 0 Å². The molecule has 1 unspecified atom stereocenters. The molecule has 1 fully saturated rings. The Bertz CT molecular complexity index is 710. The number of rotatable bonds is 6. The molecule has 0 bridgehead atoms. The average molecular weight is 349 g/mol. The van der Waals surface area contributed by atoms with E-state index in [1.165, 1.54) is 16.8 Å². The lowest BCUT2D eigenvalue weighted by atomic mass is 10.1. The van der Waals surface area contributed by atoms with Gasteiger partial charge in [-0.25, -0.2) is 9.59 Å². The molecule has 0 aliphatic heterocycles. The number of carbonyl (C=O) groups is 2. The van der Waals surface area contributed by atoms with E-state index in [2.05, 4.69) is 0 Å². The van der Waals surface area contributed by atoms with Crippen LogP contribution in [0.1, 0.15) is 68.9 Å². The highest BCUT2D eigenvalue weighted by Crippen LogP contribution is 2.37. The van der Waals surface area contributed by atoms with E-state index in [1.807, 2.05) is 0 Å². The summed E-state index contributed by atoms with van der Waals surface area (Å²) in [5.41, 5.74) is -0.126. The van der Waals surface area contributed by atoms with E-state index in [0.717, 1.165) is 12.8 Å². The molecule has 1 heterocycles. The first-order chi connectivity index (χ1) is 11.6. The quantitative estimate of drug-likeness (QED) is 0.738. The normalized spacial score (nSPS) is 15.6. The second-order valence-electron chi connectivity index (χ2n) is 7.56. The second-order valence-corrected chi connectivity index (χ2v) is 7.56. The third kappa shape index (κ3) is 5.18. The molecule has 0 aromatic carbocycles. The van der Waals surface area contributed by atoms with Gasteiger partial charge in [0.1, 0.15) is 11.6 Å². The zero-order valence-electron chi connectivity index (χ0n) is 15.6. The highest BCUT2D eigenvalue weighted by Gasteiger charge is 2.34. The van der Waals surface area contributed by atoms with Gasteiger partial charge >= 0.3 is 11.9 Å². The third-order valence-electron chi connectivity index (χ3n) is 4.05. The van der Waals surface area contributed by atoms with Crippen molar-refractivity contribution in [3.63, 3.8) is 0 Å². The van der Waals surface area contributed by atoms with Crippen LogP contribution in [0.2, 0.25) is 0 Å². The minimum absolute atomic E-state index is 0.245. The molecule has 6 nitrogen and oxygen atoms in total. The van der Waals surface area contributed by atoms with Gasteiger partial charge in [-0.2, -0.15) is 0 Å². The van der Waals surface area contributed by atoms with E-state index in [9.17, 15) is 14.4 Å². The molecule has 1 aromatic rings. The SMILES string of the molecule is CCOC(=O)c1cn(C(CC2CC2)C(=O)OC(C)(C)C)c(=O)cc1C. The molecule has 25 heavy (non-hydrogen) atoms. The molecular formula is C19H27NO5. The summed E-state index contributed by atoms with van der Waals surface area (Å²) in [6.07, 6.45) is 4.07. The summed E-state index contributed by atoms with van der Waals surface area (Å²) in [6, 6.07) is 0.643. The fraction of sp³-hybridized carbons (Fsp3) is 0.632. The molecule has 1 aliphatic rings. The second kappa shape index (κ2) is 7.42. The van der Waals surface area contributed by atoms with Crippen LogP contribution in [0.25, 0.3) is 0 Å². The number of aromatic nitrogens is 1. The first-order valence-electron chi connectivity index (χ1n) is 8.75. The maximum absolute atomic E-state index is 12.7. The molecule has 1 aromatic heterocycles. The lowest BCUT2D eigenvalue weighted by molar-refractivity contribution is -0.159. The zero-order valence-corrected chi connectivity index (χ0v) is 15.6. The first kappa shape index (κ1) is 19.2. The molecule has 2 rings (SSSR count). The molecule has 0 saturated heterocycles. The van der Waals surface area contributed by atoms with E-state index in [4.69, 9.17) is 9.47 Å². The van der Waals surface area contributed by atoms with Crippen molar-refractivity contribution in [1.29, 1.82) is 0 Å². The van der Waals surface area contributed by atoms with Gasteiger partial charge in [-0.15, -0.1) is 0 Å². The van der Waals surface area contributed by atoms with Crippen molar-refractivity contribution >= 4 is 11.9 Å². The van der Waals surface area contributed by atoms with Gasteiger partial charge in [0.2, 0.25) is 0 Å². The van der Waals surface area contributed by atoms with Gasteiger partial charge in [0, 0.05) is 12.3 Å². The van der Waals surface area contributed by atoms with Crippen LogP contribution in [-0.4, -0.2) is 28.7 Å². The van der Waals surface area contributed by atoms with Crippen molar-refractivity contribution in [2.45, 2.75) is 65.5 Å². The van der Waals surface area contributed by atoms with Crippen molar-refractivity contribution in [3.05, 3.63) is 33.7 Å². The monoisotopic (exact) mass is 349 g/mol. The Morgan fingerprint density at radius 3 is 2.48 bits per heavy atom. The fourth-order valence-electron chi connectivity index (χ4n) is 2.67. The van der Waals surface area contributed by atoms with Crippen LogP contribution in [0, 0.1) is 12.8 Å². The Morgan fingerprint density at radius 2 is 1.96 bits per heavy atom. The van der Waals surface area contributed by atoms with Gasteiger partial charge in [0.05, 0.1) is 12.2 Å². The van der Waals surface area contributed by atoms with E-state index in [0.29, 0.717) is 23.5 Å². The smallest absolute Gasteiger partial charge is 0.339 e. The summed E-state index contributed by atoms with van der Waals surface area (Å²) < 4.78 is 11.9. The lowest BCUT2D eigenvalue weighted by Crippen LogP contribution is -2.35. The maximum atomic E-state index is 12.7. The molecule has 1 atom stereocenters. The molecule has 1 saturated carbocycles. The molecular weight excluding hydrogens is 322 g/mol. The summed E-state index contributed by atoms with van der Waals surface area (Å²) in [7, 11) is 0. The van der Waals surface area contributed by atoms with Crippen LogP contribution < -0.4 is 5.56 Å². The van der Waals surface area contributed by atoms with Gasteiger partial charge in [-0.05, 0) is 52.5 Å². The van der Waals surface area contributed by atoms with Crippen LogP contribution in [-0.2, 0) is 14.3 Å². The molecule has 0 spiro atoms. The summed E-state index contributed by atoms with van der Waals surface area (Å²) >= 11 is 0. The van der Waals surface area contributed by atoms with Gasteiger partial charge in [-0.3, -0.25) is 4.79 Å². The predicted octanol–water partition coefficient (Wildman–Crippen LogP) is 3.02. The number of aryl methyl sites for hydroxylation is 1. The van der Waals surface area contributed by atoms with E-state index in [1.54, 1.807) is 34.6 Å². The van der Waals surface area contributed by atoms with Crippen molar-refractivity contribution in [3.8, 4) is 0 Å². The van der Waals surface area contributed by atoms with Crippen LogP contribution in [0.4, 0.5) is 0 Å². The third-order valence-corrected chi connectivity index (χ3v) is 4.05. The van der Waals surface area contributed by atoms with E-state index >= 15 is 0 Å². The number of nitrogens with zero attached hydrogens (tertiary/aromatic N) is 1. The molecule has 0 amide bonds. The highest BCUT2D eigenvalue weighted by molar-refractivity contribution is 5.90. The van der Waals surface area contributed by atoms with Crippen LogP contribution in [0.5, 0.6) is 0 Å². The van der Waals surface area contributed by atoms with Crippen LogP contribution in [0.3, 0.4) is 0 Å². The van der Waals surface area contributed by atoms with Gasteiger partial charge in [0.25, 0.3) is 5.56 Å². The lowest BCUT2D eigenvalue weighted by Gasteiger charge is -2.25. The van der Waals surface area contributed by atoms with Gasteiger partial charge < -0.3 is 14.0 Å². The molecule has 0 N–H and O–H groups in total. The van der Waals surface area contributed by atoms with E-state index < -0.39 is 23.6 Å². The minimum Gasteiger partial charge on any atom is -0.462 e. The van der Waals surface area contributed by atoms with E-state index in [-0.39, 0.29) is 12.2 Å². The summed E-state index contributed by atoms with van der Waals surface area (Å²) in [5.74, 6) is -0.528. The van der Waals surface area contributed by atoms with Crippen molar-refractivity contribution < 1.29 is 19.1 Å². The number of ether oxygens (including phenoxy) is 2. The average Bonchev–Trinajstić information content (AvgIpc) is 3.27. The fourth-order valence-corrected chi connectivity index (χ4v) is 2.67. The Kier molecular flexibility index (Phi) is 5.70. The maximum Gasteiger partial charge on any atom is 0.339 e. The topological polar surface area (TPSA) is 74.6 Å². The summed E-state index contributed by atoms with van der Waals surface area (Å²) in [4.78, 5) is 37.3. The number of carbonyl (C=O) groups excluding carboxylic acids is 2. The number of hydrogen-bond donors (Lipinski definition) is 0. The molecule has 6 heteroatoms. The van der Waals surface area contributed by atoms with Crippen LogP contribution in [0.15, 0.2) is 17.1 Å². The van der Waals surface area contributed by atoms with Gasteiger partial charge in [0.15, 0.2) is 0 Å². The molecule has 0 radical (unpaired) electrons. The number of pyridine rings is 1. The Morgan fingerprint density at radius 1 is 1.32 bits per heavy atom. The first-order valence-corrected chi connectivity index (χ1v) is 8.75. The molecule has 1 aliphatic carbocycles. The summed E-state index contributed by atoms with van der Waals surface area (Å²) in [6.45, 7) is 9.03. The predicted molar refractivity (Wildman–Crippen MR) is 93.6 cm³/mol. The molecule has 138 valence electrons. The summed E-state index contributed by atoms with van der Waals surface area (Å²) in [5, 5.41) is 0. The largest absolute Gasteiger partial charge is 0.462 e. The standard InChI is InChI=1S/C19H27NO5/c1-6-24-17(22)14-11-20(16(21)9-12(14)2)15(10-13-7-8-13)18(23)25-19(3,4)5/h9,11,13,15H,6-8,10H2,1-5H3. The van der Waals surface area contributed by atoms with Crippen molar-refractivity contribution in [1.82, 2.24) is 4.57 Å². The van der Waals surface area contributed by atoms with Gasteiger partial charge in [-0.1, -0.05) is 12.8 Å². The Hall–Kier alpha value is -2.11. The highest BCUT2D eigenvalue weighted by atomic mass is 16.6. The zero-order chi connectivity index (χ0) is 18.8. The number of esters is 2.